The van der Waals surface area contributed by atoms with E-state index in [1.165, 1.54) is 36.5 Å². The van der Waals surface area contributed by atoms with E-state index in [-0.39, 0.29) is 22.1 Å². The standard InChI is InChI=1S/C22H19ClF3N3O/c1-13-3-4-15(9-14(13)2)5-6-19(22(24,25)26)16-10-17(23)12-18(11-16)29-8-7-20(27)28-21(29)30/h3-12,19H,1-2H3,(H2,27,28,30)/b6-5+. The lowest BCUT2D eigenvalue weighted by molar-refractivity contribution is -0.139. The van der Waals surface area contributed by atoms with Gasteiger partial charge in [0, 0.05) is 11.2 Å². The van der Waals surface area contributed by atoms with Crippen molar-refractivity contribution in [2.24, 2.45) is 0 Å². The average Bonchev–Trinajstić information content (AvgIpc) is 2.63. The van der Waals surface area contributed by atoms with Crippen molar-refractivity contribution in [3.05, 3.63) is 92.5 Å². The van der Waals surface area contributed by atoms with Crippen molar-refractivity contribution >= 4 is 23.5 Å². The Bertz CT molecular complexity index is 1170. The maximum atomic E-state index is 13.9. The van der Waals surface area contributed by atoms with Gasteiger partial charge >= 0.3 is 11.9 Å². The lowest BCUT2D eigenvalue weighted by Gasteiger charge is -2.19. The Kier molecular flexibility index (Phi) is 6.03. The number of anilines is 1. The van der Waals surface area contributed by atoms with Gasteiger partial charge in [0.1, 0.15) is 5.82 Å². The number of nitrogens with two attached hydrogens (primary N) is 1. The van der Waals surface area contributed by atoms with Gasteiger partial charge in [0.2, 0.25) is 0 Å². The third-order valence-corrected chi connectivity index (χ3v) is 4.95. The highest BCUT2D eigenvalue weighted by Gasteiger charge is 2.39. The third kappa shape index (κ3) is 4.91. The van der Waals surface area contributed by atoms with E-state index in [4.69, 9.17) is 17.3 Å². The predicted molar refractivity (Wildman–Crippen MR) is 113 cm³/mol. The molecule has 1 aromatic heterocycles. The van der Waals surface area contributed by atoms with Crippen molar-refractivity contribution in [3.8, 4) is 5.69 Å². The number of hydrogen-bond acceptors (Lipinski definition) is 3. The smallest absolute Gasteiger partial charge is 0.383 e. The second-order valence-corrected chi connectivity index (χ2v) is 7.41. The van der Waals surface area contributed by atoms with Crippen LogP contribution in [-0.4, -0.2) is 15.7 Å². The van der Waals surface area contributed by atoms with E-state index in [0.29, 0.717) is 5.56 Å². The largest absolute Gasteiger partial charge is 0.399 e. The molecule has 0 amide bonds. The number of alkyl halides is 3. The van der Waals surface area contributed by atoms with Crippen LogP contribution in [0.2, 0.25) is 5.02 Å². The molecule has 0 aliphatic heterocycles. The minimum absolute atomic E-state index is 0.0167. The quantitative estimate of drug-likeness (QED) is 0.595. The van der Waals surface area contributed by atoms with Gasteiger partial charge in [-0.1, -0.05) is 42.0 Å². The summed E-state index contributed by atoms with van der Waals surface area (Å²) >= 11 is 6.08. The van der Waals surface area contributed by atoms with Crippen LogP contribution in [0.25, 0.3) is 11.8 Å². The second kappa shape index (κ2) is 8.36. The molecule has 1 heterocycles. The van der Waals surface area contributed by atoms with Crippen LogP contribution in [0.4, 0.5) is 19.0 Å². The number of nitrogens with zero attached hydrogens (tertiary/aromatic N) is 2. The Morgan fingerprint density at radius 3 is 2.47 bits per heavy atom. The molecule has 2 aromatic carbocycles. The number of halogens is 4. The summed E-state index contributed by atoms with van der Waals surface area (Å²) in [6.07, 6.45) is -0.693. The van der Waals surface area contributed by atoms with E-state index in [2.05, 4.69) is 4.98 Å². The highest BCUT2D eigenvalue weighted by molar-refractivity contribution is 6.30. The zero-order valence-electron chi connectivity index (χ0n) is 16.2. The van der Waals surface area contributed by atoms with Crippen molar-refractivity contribution < 1.29 is 13.2 Å². The Morgan fingerprint density at radius 2 is 1.83 bits per heavy atom. The lowest BCUT2D eigenvalue weighted by atomic mass is 9.96. The van der Waals surface area contributed by atoms with Crippen LogP contribution in [-0.2, 0) is 0 Å². The van der Waals surface area contributed by atoms with Crippen LogP contribution in [0.5, 0.6) is 0 Å². The first-order chi connectivity index (χ1) is 14.0. The van der Waals surface area contributed by atoms with Gasteiger partial charge < -0.3 is 5.73 Å². The summed E-state index contributed by atoms with van der Waals surface area (Å²) < 4.78 is 42.7. The molecule has 156 valence electrons. The maximum absolute atomic E-state index is 13.9. The summed E-state index contributed by atoms with van der Waals surface area (Å²) in [5, 5.41) is 0.0695. The number of hydrogen-bond donors (Lipinski definition) is 1. The molecular formula is C22H19ClF3N3O. The molecule has 0 bridgehead atoms. The van der Waals surface area contributed by atoms with E-state index >= 15 is 0 Å². The zero-order chi connectivity index (χ0) is 22.1. The molecule has 0 saturated heterocycles. The van der Waals surface area contributed by atoms with Crippen molar-refractivity contribution in [2.75, 3.05) is 5.73 Å². The van der Waals surface area contributed by atoms with Crippen LogP contribution in [0.15, 0.2) is 59.5 Å². The topological polar surface area (TPSA) is 60.9 Å². The Labute approximate surface area is 176 Å². The molecule has 1 atom stereocenters. The summed E-state index contributed by atoms with van der Waals surface area (Å²) in [6, 6.07) is 10.7. The monoisotopic (exact) mass is 433 g/mol. The maximum Gasteiger partial charge on any atom is 0.399 e. The summed E-state index contributed by atoms with van der Waals surface area (Å²) in [5.41, 5.74) is 7.55. The number of allylic oxidation sites excluding steroid dienone is 1. The molecule has 3 rings (SSSR count). The fourth-order valence-electron chi connectivity index (χ4n) is 3.01. The molecule has 1 unspecified atom stereocenters. The summed E-state index contributed by atoms with van der Waals surface area (Å²) in [5.74, 6) is -1.89. The van der Waals surface area contributed by atoms with E-state index in [0.717, 1.165) is 21.8 Å². The molecule has 0 aliphatic carbocycles. The van der Waals surface area contributed by atoms with Gasteiger partial charge in [-0.25, -0.2) is 4.79 Å². The first-order valence-corrected chi connectivity index (χ1v) is 9.40. The summed E-state index contributed by atoms with van der Waals surface area (Å²) in [4.78, 5) is 15.7. The molecule has 4 nitrogen and oxygen atoms in total. The first kappa shape index (κ1) is 21.6. The number of nitrogen functional groups attached to an aromatic ring is 1. The van der Waals surface area contributed by atoms with E-state index in [9.17, 15) is 18.0 Å². The molecule has 2 N–H and O–H groups in total. The summed E-state index contributed by atoms with van der Waals surface area (Å²) in [7, 11) is 0. The van der Waals surface area contributed by atoms with Gasteiger partial charge in [0.05, 0.1) is 11.6 Å². The molecule has 0 fully saturated rings. The minimum Gasteiger partial charge on any atom is -0.383 e. The molecule has 3 aromatic rings. The number of rotatable bonds is 4. The number of aromatic nitrogens is 2. The third-order valence-electron chi connectivity index (χ3n) is 4.73. The Hall–Kier alpha value is -3.06. The summed E-state index contributed by atoms with van der Waals surface area (Å²) in [6.45, 7) is 3.83. The highest BCUT2D eigenvalue weighted by atomic mass is 35.5. The molecular weight excluding hydrogens is 415 g/mol. The SMILES string of the molecule is Cc1ccc(/C=C/C(c2cc(Cl)cc(-n3ccc(N)nc3=O)c2)C(F)(F)F)cc1C. The molecule has 30 heavy (non-hydrogen) atoms. The van der Waals surface area contributed by atoms with Crippen LogP contribution < -0.4 is 11.4 Å². The predicted octanol–water partition coefficient (Wildman–Crippen LogP) is 5.44. The average molecular weight is 434 g/mol. The second-order valence-electron chi connectivity index (χ2n) is 6.97. The minimum atomic E-state index is -4.55. The van der Waals surface area contributed by atoms with E-state index < -0.39 is 17.8 Å². The van der Waals surface area contributed by atoms with Crippen LogP contribution in [0.1, 0.15) is 28.2 Å². The first-order valence-electron chi connectivity index (χ1n) is 9.03. The van der Waals surface area contributed by atoms with Gasteiger partial charge in [0.25, 0.3) is 0 Å². The van der Waals surface area contributed by atoms with Gasteiger partial charge in [0.15, 0.2) is 0 Å². The normalized spacial score (nSPS) is 13.0. The highest BCUT2D eigenvalue weighted by Crippen LogP contribution is 2.38. The molecule has 0 aliphatic rings. The number of benzene rings is 2. The van der Waals surface area contributed by atoms with Gasteiger partial charge in [-0.2, -0.15) is 18.2 Å². The van der Waals surface area contributed by atoms with Crippen molar-refractivity contribution in [1.82, 2.24) is 9.55 Å². The Balaban J connectivity index is 2.06. The van der Waals surface area contributed by atoms with E-state index in [1.54, 1.807) is 6.07 Å². The molecule has 0 saturated carbocycles. The van der Waals surface area contributed by atoms with Gasteiger partial charge in [-0.3, -0.25) is 4.57 Å². The fraction of sp³-hybridized carbons (Fsp3) is 0.182. The van der Waals surface area contributed by atoms with Crippen molar-refractivity contribution in [2.45, 2.75) is 25.9 Å². The lowest BCUT2D eigenvalue weighted by Crippen LogP contribution is -2.23. The van der Waals surface area contributed by atoms with Crippen molar-refractivity contribution in [3.63, 3.8) is 0 Å². The molecule has 0 radical (unpaired) electrons. The Morgan fingerprint density at radius 1 is 1.10 bits per heavy atom. The van der Waals surface area contributed by atoms with Gasteiger partial charge in [-0.05, 0) is 60.4 Å². The molecule has 0 spiro atoms. The zero-order valence-corrected chi connectivity index (χ0v) is 17.0. The van der Waals surface area contributed by atoms with Crippen LogP contribution >= 0.6 is 11.6 Å². The van der Waals surface area contributed by atoms with Gasteiger partial charge in [-0.15, -0.1) is 0 Å². The van der Waals surface area contributed by atoms with Crippen LogP contribution in [0, 0.1) is 13.8 Å². The number of aryl methyl sites for hydroxylation is 2. The van der Waals surface area contributed by atoms with Crippen molar-refractivity contribution in [1.29, 1.82) is 0 Å². The fourth-order valence-corrected chi connectivity index (χ4v) is 3.25. The molecule has 8 heteroatoms. The van der Waals surface area contributed by atoms with E-state index in [1.807, 2.05) is 26.0 Å². The van der Waals surface area contributed by atoms with Crippen LogP contribution in [0.3, 0.4) is 0 Å².